The first-order valence-corrected chi connectivity index (χ1v) is 10.9. The van der Waals surface area contributed by atoms with Crippen molar-refractivity contribution >= 4 is 5.97 Å². The van der Waals surface area contributed by atoms with Gasteiger partial charge in [0.1, 0.15) is 6.61 Å². The number of aromatic nitrogens is 3. The molecule has 4 heterocycles. The maximum Gasteiger partial charge on any atom is 0.338 e. The molecule has 3 aromatic rings. The van der Waals surface area contributed by atoms with Crippen LogP contribution in [0.3, 0.4) is 0 Å². The highest BCUT2D eigenvalue weighted by molar-refractivity contribution is 5.94. The van der Waals surface area contributed by atoms with Gasteiger partial charge in [0.25, 0.3) is 5.56 Å². The summed E-state index contributed by atoms with van der Waals surface area (Å²) in [6.07, 6.45) is 4.14. The van der Waals surface area contributed by atoms with Crippen LogP contribution in [0.4, 0.5) is 8.78 Å². The van der Waals surface area contributed by atoms with Gasteiger partial charge in [0.2, 0.25) is 0 Å². The summed E-state index contributed by atoms with van der Waals surface area (Å²) in [5, 5.41) is 3.43. The Morgan fingerprint density at radius 2 is 2.09 bits per heavy atom. The lowest BCUT2D eigenvalue weighted by atomic mass is 9.93. The van der Waals surface area contributed by atoms with E-state index in [1.807, 2.05) is 19.1 Å². The highest BCUT2D eigenvalue weighted by atomic mass is 19.3. The van der Waals surface area contributed by atoms with E-state index in [0.717, 1.165) is 34.6 Å². The molecule has 9 nitrogen and oxygen atoms in total. The van der Waals surface area contributed by atoms with Crippen molar-refractivity contribution in [1.82, 2.24) is 24.3 Å². The summed E-state index contributed by atoms with van der Waals surface area (Å²) in [6.45, 7) is 1.21. The van der Waals surface area contributed by atoms with Gasteiger partial charge in [-0.15, -0.1) is 0 Å². The molecular weight excluding hydrogens is 446 g/mol. The minimum atomic E-state index is -2.88. The van der Waals surface area contributed by atoms with E-state index in [9.17, 15) is 18.4 Å². The number of hydrogen-bond donors (Lipinski definition) is 2. The molecule has 0 bridgehead atoms. The summed E-state index contributed by atoms with van der Waals surface area (Å²) in [5.74, 6) is -0.290. The normalized spacial score (nSPS) is 20.6. The summed E-state index contributed by atoms with van der Waals surface area (Å²) in [7, 11) is 0. The number of nitrogens with one attached hydrogen (secondary N) is 1. The van der Waals surface area contributed by atoms with Gasteiger partial charge in [-0.2, -0.15) is 8.78 Å². The van der Waals surface area contributed by atoms with Crippen molar-refractivity contribution in [1.29, 1.82) is 0 Å². The molecule has 0 radical (unpaired) electrons. The third-order valence-electron chi connectivity index (χ3n) is 6.36. The Morgan fingerprint density at radius 1 is 1.26 bits per heavy atom. The molecule has 2 aliphatic heterocycles. The van der Waals surface area contributed by atoms with Crippen LogP contribution in [0.15, 0.2) is 47.8 Å². The second-order valence-electron chi connectivity index (χ2n) is 8.58. The maximum absolute atomic E-state index is 12.8. The molecule has 1 fully saturated rings. The van der Waals surface area contributed by atoms with E-state index in [0.29, 0.717) is 35.5 Å². The average molecular weight is 470 g/mol. The van der Waals surface area contributed by atoms with Gasteiger partial charge >= 0.3 is 12.5 Å². The number of ether oxygens (including phenoxy) is 1. The summed E-state index contributed by atoms with van der Waals surface area (Å²) in [6, 6.07) is 6.32. The molecule has 2 aliphatic rings. The van der Waals surface area contributed by atoms with Gasteiger partial charge in [-0.1, -0.05) is 6.07 Å². The van der Waals surface area contributed by atoms with Crippen molar-refractivity contribution < 1.29 is 18.3 Å². The van der Waals surface area contributed by atoms with Gasteiger partial charge in [0, 0.05) is 49.7 Å². The topological polar surface area (TPSA) is 107 Å². The molecule has 178 valence electrons. The number of alkyl halides is 2. The van der Waals surface area contributed by atoms with E-state index >= 15 is 0 Å². The predicted molar refractivity (Wildman–Crippen MR) is 119 cm³/mol. The molecule has 1 aromatic carbocycles. The maximum atomic E-state index is 12.8. The molecule has 11 heteroatoms. The van der Waals surface area contributed by atoms with E-state index in [1.54, 1.807) is 17.1 Å². The van der Waals surface area contributed by atoms with Crippen LogP contribution in [-0.2, 0) is 17.9 Å². The van der Waals surface area contributed by atoms with Crippen molar-refractivity contribution in [3.05, 3.63) is 81.3 Å². The number of esters is 1. The first kappa shape index (κ1) is 22.4. The number of pyridine rings is 1. The van der Waals surface area contributed by atoms with Gasteiger partial charge in [-0.3, -0.25) is 19.6 Å². The van der Waals surface area contributed by atoms with Crippen LogP contribution in [0, 0.1) is 6.92 Å². The Kier molecular flexibility index (Phi) is 5.76. The Balaban J connectivity index is 1.32. The minimum Gasteiger partial charge on any atom is -0.457 e. The third kappa shape index (κ3) is 4.13. The number of benzene rings is 1. The third-order valence-corrected chi connectivity index (χ3v) is 6.36. The second kappa shape index (κ2) is 8.75. The number of carbonyl (C=O) groups is 1. The average Bonchev–Trinajstić information content (AvgIpc) is 3.40. The lowest BCUT2D eigenvalue weighted by Gasteiger charge is -2.38. The van der Waals surface area contributed by atoms with Gasteiger partial charge < -0.3 is 15.0 Å². The van der Waals surface area contributed by atoms with Gasteiger partial charge in [-0.25, -0.2) is 9.78 Å². The van der Waals surface area contributed by atoms with E-state index in [-0.39, 0.29) is 24.8 Å². The fourth-order valence-electron chi connectivity index (χ4n) is 4.65. The van der Waals surface area contributed by atoms with Crippen molar-refractivity contribution in [3.8, 4) is 5.69 Å². The van der Waals surface area contributed by atoms with Crippen LogP contribution >= 0.6 is 0 Å². The van der Waals surface area contributed by atoms with E-state index in [1.165, 1.54) is 6.07 Å². The smallest absolute Gasteiger partial charge is 0.338 e. The van der Waals surface area contributed by atoms with E-state index in [2.05, 4.69) is 15.2 Å². The Labute approximate surface area is 193 Å². The van der Waals surface area contributed by atoms with Crippen molar-refractivity contribution in [2.45, 2.75) is 38.8 Å². The minimum absolute atomic E-state index is 0.0335. The van der Waals surface area contributed by atoms with Gasteiger partial charge in [0.05, 0.1) is 29.4 Å². The lowest BCUT2D eigenvalue weighted by molar-refractivity contribution is 0.0534. The van der Waals surface area contributed by atoms with Gasteiger partial charge in [-0.05, 0) is 30.2 Å². The number of halogens is 2. The number of nitrogens with two attached hydrogens (primary N) is 1. The number of piperazine rings is 1. The zero-order chi connectivity index (χ0) is 24.0. The number of nitrogens with zero attached hydrogens (tertiary/aromatic N) is 4. The standard InChI is InChI=1S/C23H24F2N6O3/c1-13-16(2-3-17-18(13)11-34-22(17)33)19-9-29(10-20(26)28-19)7-14-8-30(12-27-14)15-4-5-31(23(24)25)21(32)6-15/h2-6,8,12,19-20,23,28H,7,9-11,26H2,1H3/t19-,20+/m0/s1. The molecule has 34 heavy (non-hydrogen) atoms. The Hall–Kier alpha value is -3.41. The van der Waals surface area contributed by atoms with Crippen LogP contribution in [0.2, 0.25) is 0 Å². The van der Waals surface area contributed by atoms with Crippen LogP contribution in [0.5, 0.6) is 0 Å². The Morgan fingerprint density at radius 3 is 2.85 bits per heavy atom. The highest BCUT2D eigenvalue weighted by Crippen LogP contribution is 2.30. The summed E-state index contributed by atoms with van der Waals surface area (Å²) < 4.78 is 32.8. The first-order valence-electron chi connectivity index (χ1n) is 10.9. The fraction of sp³-hybridized carbons (Fsp3) is 0.348. The molecule has 0 saturated carbocycles. The molecule has 0 aliphatic carbocycles. The number of fused-ring (bicyclic) bond motifs is 1. The van der Waals surface area contributed by atoms with Crippen molar-refractivity contribution in [2.24, 2.45) is 5.73 Å². The van der Waals surface area contributed by atoms with Crippen LogP contribution in [0.1, 0.15) is 45.3 Å². The second-order valence-corrected chi connectivity index (χ2v) is 8.58. The zero-order valence-electron chi connectivity index (χ0n) is 18.4. The predicted octanol–water partition coefficient (Wildman–Crippen LogP) is 1.84. The summed E-state index contributed by atoms with van der Waals surface area (Å²) in [5.41, 5.74) is 10.4. The lowest BCUT2D eigenvalue weighted by Crippen LogP contribution is -2.56. The van der Waals surface area contributed by atoms with Gasteiger partial charge in [0.15, 0.2) is 0 Å². The quantitative estimate of drug-likeness (QED) is 0.548. The van der Waals surface area contributed by atoms with Crippen molar-refractivity contribution in [2.75, 3.05) is 13.1 Å². The first-order chi connectivity index (χ1) is 16.3. The molecule has 0 amide bonds. The van der Waals surface area contributed by atoms with E-state index < -0.39 is 12.1 Å². The number of hydrogen-bond acceptors (Lipinski definition) is 7. The number of imidazole rings is 1. The molecular formula is C23H24F2N6O3. The molecule has 3 N–H and O–H groups in total. The number of rotatable bonds is 5. The van der Waals surface area contributed by atoms with Crippen LogP contribution in [0.25, 0.3) is 5.69 Å². The van der Waals surface area contributed by atoms with Crippen LogP contribution < -0.4 is 16.6 Å². The molecule has 2 aromatic heterocycles. The molecule has 5 rings (SSSR count). The van der Waals surface area contributed by atoms with E-state index in [4.69, 9.17) is 10.5 Å². The molecule has 2 atom stereocenters. The molecule has 0 spiro atoms. The largest absolute Gasteiger partial charge is 0.457 e. The summed E-state index contributed by atoms with van der Waals surface area (Å²) >= 11 is 0. The number of cyclic esters (lactones) is 1. The molecule has 0 unspecified atom stereocenters. The van der Waals surface area contributed by atoms with Crippen LogP contribution in [-0.4, -0.2) is 44.2 Å². The zero-order valence-corrected chi connectivity index (χ0v) is 18.4. The monoisotopic (exact) mass is 470 g/mol. The Bertz CT molecular complexity index is 1300. The summed E-state index contributed by atoms with van der Waals surface area (Å²) in [4.78, 5) is 30.4. The van der Waals surface area contributed by atoms with Crippen molar-refractivity contribution in [3.63, 3.8) is 0 Å². The number of carbonyl (C=O) groups excluding carboxylic acids is 1. The fourth-order valence-corrected chi connectivity index (χ4v) is 4.65. The molecule has 1 saturated heterocycles. The SMILES string of the molecule is Cc1c([C@@H]2CN(Cc3cn(-c4ccn(C(F)F)c(=O)c4)cn3)C[C@H](N)N2)ccc2c1COC2=O. The highest BCUT2D eigenvalue weighted by Gasteiger charge is 2.30.